The van der Waals surface area contributed by atoms with E-state index in [9.17, 15) is 4.79 Å². The lowest BCUT2D eigenvalue weighted by Gasteiger charge is -2.13. The van der Waals surface area contributed by atoms with Gasteiger partial charge in [-0.25, -0.2) is 0 Å². The van der Waals surface area contributed by atoms with E-state index in [1.54, 1.807) is 13.3 Å². The molecule has 3 aromatic carbocycles. The van der Waals surface area contributed by atoms with E-state index >= 15 is 0 Å². The Morgan fingerprint density at radius 1 is 1.13 bits per heavy atom. The van der Waals surface area contributed by atoms with Crippen molar-refractivity contribution in [1.29, 1.82) is 0 Å². The lowest BCUT2D eigenvalue weighted by Crippen LogP contribution is -2.20. The van der Waals surface area contributed by atoms with Gasteiger partial charge in [0.25, 0.3) is 5.91 Å². The second-order valence-corrected chi connectivity index (χ2v) is 7.87. The molecular formula is C25H25BrN2O3. The van der Waals surface area contributed by atoms with Crippen LogP contribution < -0.4 is 14.8 Å². The number of anilines is 1. The molecule has 0 saturated carbocycles. The summed E-state index contributed by atoms with van der Waals surface area (Å²) in [5, 5.41) is 2.83. The third kappa shape index (κ3) is 6.43. The first-order valence-electron chi connectivity index (χ1n) is 9.98. The summed E-state index contributed by atoms with van der Waals surface area (Å²) < 4.78 is 11.9. The molecule has 1 N–H and O–H groups in total. The van der Waals surface area contributed by atoms with Gasteiger partial charge in [0.05, 0.1) is 17.3 Å². The lowest BCUT2D eigenvalue weighted by atomic mass is 10.1. The molecule has 31 heavy (non-hydrogen) atoms. The summed E-state index contributed by atoms with van der Waals surface area (Å²) >= 11 is 3.51. The van der Waals surface area contributed by atoms with Crippen molar-refractivity contribution in [3.05, 3.63) is 81.8 Å². The van der Waals surface area contributed by atoms with E-state index in [1.165, 1.54) is 5.56 Å². The summed E-state index contributed by atoms with van der Waals surface area (Å²) in [4.78, 5) is 16.8. The van der Waals surface area contributed by atoms with E-state index in [2.05, 4.69) is 45.3 Å². The number of rotatable bonds is 8. The zero-order valence-corrected chi connectivity index (χ0v) is 19.4. The normalized spacial score (nSPS) is 10.8. The molecule has 5 nitrogen and oxygen atoms in total. The molecule has 0 fully saturated rings. The molecule has 0 aliphatic carbocycles. The second-order valence-electron chi connectivity index (χ2n) is 7.02. The van der Waals surface area contributed by atoms with Gasteiger partial charge < -0.3 is 14.8 Å². The largest absolute Gasteiger partial charge is 0.493 e. The Morgan fingerprint density at radius 3 is 2.58 bits per heavy atom. The quantitative estimate of drug-likeness (QED) is 0.396. The van der Waals surface area contributed by atoms with Crippen LogP contribution in [0.3, 0.4) is 0 Å². The third-order valence-electron chi connectivity index (χ3n) is 4.61. The molecule has 160 valence electrons. The summed E-state index contributed by atoms with van der Waals surface area (Å²) in [6, 6.07) is 19.4. The number of nitrogens with zero attached hydrogens (tertiary/aromatic N) is 1. The van der Waals surface area contributed by atoms with E-state index < -0.39 is 0 Å². The highest BCUT2D eigenvalue weighted by Gasteiger charge is 2.13. The van der Waals surface area contributed by atoms with Crippen molar-refractivity contribution in [3.8, 4) is 11.5 Å². The van der Waals surface area contributed by atoms with Crippen LogP contribution in [0.2, 0.25) is 0 Å². The maximum Gasteiger partial charge on any atom is 0.262 e. The Labute approximate surface area is 191 Å². The van der Waals surface area contributed by atoms with Gasteiger partial charge in [0.15, 0.2) is 18.1 Å². The summed E-state index contributed by atoms with van der Waals surface area (Å²) in [5.74, 6) is 0.729. The fourth-order valence-electron chi connectivity index (χ4n) is 2.98. The van der Waals surface area contributed by atoms with Crippen LogP contribution in [0.4, 0.5) is 11.4 Å². The van der Waals surface area contributed by atoms with Gasteiger partial charge in [0, 0.05) is 11.9 Å². The van der Waals surface area contributed by atoms with Crippen LogP contribution in [0.15, 0.2) is 70.1 Å². The second kappa shape index (κ2) is 10.8. The van der Waals surface area contributed by atoms with Gasteiger partial charge in [0.2, 0.25) is 0 Å². The standard InChI is InChI=1S/C25H25BrN2O3/c1-4-18-8-10-20(11-9-18)27-15-19-13-22(26)25(23(14-19)30-3)31-16-24(29)28-21-7-5-6-17(2)12-21/h5-15H,4,16H2,1-3H3,(H,28,29). The average molecular weight is 481 g/mol. The number of methoxy groups -OCH3 is 1. The number of carbonyl (C=O) groups is 1. The van der Waals surface area contributed by atoms with Gasteiger partial charge >= 0.3 is 0 Å². The Kier molecular flexibility index (Phi) is 7.84. The highest BCUT2D eigenvalue weighted by Crippen LogP contribution is 2.36. The monoisotopic (exact) mass is 480 g/mol. The molecule has 0 aliphatic rings. The van der Waals surface area contributed by atoms with Crippen molar-refractivity contribution in [2.24, 2.45) is 4.99 Å². The van der Waals surface area contributed by atoms with Gasteiger partial charge in [-0.2, -0.15) is 0 Å². The summed E-state index contributed by atoms with van der Waals surface area (Å²) in [6.07, 6.45) is 2.76. The average Bonchev–Trinajstić information content (AvgIpc) is 2.77. The molecule has 0 atom stereocenters. The highest BCUT2D eigenvalue weighted by atomic mass is 79.9. The molecule has 0 aliphatic heterocycles. The van der Waals surface area contributed by atoms with Gasteiger partial charge in [0.1, 0.15) is 0 Å². The third-order valence-corrected chi connectivity index (χ3v) is 5.20. The van der Waals surface area contributed by atoms with Crippen LogP contribution >= 0.6 is 15.9 Å². The first-order chi connectivity index (χ1) is 15.0. The van der Waals surface area contributed by atoms with Gasteiger partial charge in [-0.1, -0.05) is 31.2 Å². The first-order valence-corrected chi connectivity index (χ1v) is 10.8. The molecule has 6 heteroatoms. The lowest BCUT2D eigenvalue weighted by molar-refractivity contribution is -0.118. The maximum atomic E-state index is 12.3. The van der Waals surface area contributed by atoms with Crippen LogP contribution in [0, 0.1) is 6.92 Å². The highest BCUT2D eigenvalue weighted by molar-refractivity contribution is 9.10. The molecular weight excluding hydrogens is 456 g/mol. The summed E-state index contributed by atoms with van der Waals surface area (Å²) in [7, 11) is 1.56. The Balaban J connectivity index is 1.68. The van der Waals surface area contributed by atoms with Crippen molar-refractivity contribution < 1.29 is 14.3 Å². The predicted octanol–water partition coefficient (Wildman–Crippen LogP) is 6.10. The minimum Gasteiger partial charge on any atom is -0.493 e. The van der Waals surface area contributed by atoms with E-state index in [1.807, 2.05) is 55.5 Å². The fraction of sp³-hybridized carbons (Fsp3) is 0.200. The van der Waals surface area contributed by atoms with E-state index in [0.29, 0.717) is 16.0 Å². The number of amides is 1. The molecule has 0 spiro atoms. The van der Waals surface area contributed by atoms with Gasteiger partial charge in [-0.15, -0.1) is 0 Å². The zero-order chi connectivity index (χ0) is 22.2. The SMILES string of the molecule is CCc1ccc(N=Cc2cc(Br)c(OCC(=O)Nc3cccc(C)c3)c(OC)c2)cc1. The van der Waals surface area contributed by atoms with Crippen molar-refractivity contribution in [3.63, 3.8) is 0 Å². The molecule has 0 heterocycles. The van der Waals surface area contributed by atoms with Crippen molar-refractivity contribution in [1.82, 2.24) is 0 Å². The molecule has 0 aromatic heterocycles. The number of ether oxygens (including phenoxy) is 2. The summed E-state index contributed by atoms with van der Waals surface area (Å²) in [5.41, 5.74) is 4.80. The molecule has 0 bridgehead atoms. The smallest absolute Gasteiger partial charge is 0.262 e. The number of carbonyl (C=O) groups excluding carboxylic acids is 1. The molecule has 1 amide bonds. The molecule has 3 rings (SSSR count). The van der Waals surface area contributed by atoms with E-state index in [4.69, 9.17) is 9.47 Å². The van der Waals surface area contributed by atoms with Crippen molar-refractivity contribution in [2.45, 2.75) is 20.3 Å². The predicted molar refractivity (Wildman–Crippen MR) is 129 cm³/mol. The Bertz CT molecular complexity index is 1080. The van der Waals surface area contributed by atoms with Crippen LogP contribution in [-0.2, 0) is 11.2 Å². The topological polar surface area (TPSA) is 59.9 Å². The fourth-order valence-corrected chi connectivity index (χ4v) is 3.55. The molecule has 0 radical (unpaired) electrons. The van der Waals surface area contributed by atoms with Crippen LogP contribution in [0.1, 0.15) is 23.6 Å². The minimum atomic E-state index is -0.249. The Morgan fingerprint density at radius 2 is 1.90 bits per heavy atom. The number of halogens is 1. The van der Waals surface area contributed by atoms with Crippen molar-refractivity contribution in [2.75, 3.05) is 19.0 Å². The van der Waals surface area contributed by atoms with Gasteiger partial charge in [-0.05, 0) is 82.4 Å². The number of aliphatic imine (C=N–C) groups is 1. The van der Waals surface area contributed by atoms with Crippen LogP contribution in [-0.4, -0.2) is 25.8 Å². The van der Waals surface area contributed by atoms with E-state index in [-0.39, 0.29) is 12.5 Å². The van der Waals surface area contributed by atoms with E-state index in [0.717, 1.165) is 28.9 Å². The maximum absolute atomic E-state index is 12.3. The van der Waals surface area contributed by atoms with Crippen molar-refractivity contribution >= 4 is 39.4 Å². The Hall–Kier alpha value is -3.12. The molecule has 0 saturated heterocycles. The number of benzene rings is 3. The minimum absolute atomic E-state index is 0.139. The van der Waals surface area contributed by atoms with Crippen LogP contribution in [0.25, 0.3) is 0 Å². The van der Waals surface area contributed by atoms with Gasteiger partial charge in [-0.3, -0.25) is 9.79 Å². The first kappa shape index (κ1) is 22.6. The number of hydrogen-bond donors (Lipinski definition) is 1. The number of hydrogen-bond acceptors (Lipinski definition) is 4. The number of nitrogens with one attached hydrogen (secondary N) is 1. The van der Waals surface area contributed by atoms with Crippen LogP contribution in [0.5, 0.6) is 11.5 Å². The summed E-state index contributed by atoms with van der Waals surface area (Å²) in [6.45, 7) is 3.96. The molecule has 3 aromatic rings. The zero-order valence-electron chi connectivity index (χ0n) is 17.8. The molecule has 0 unspecified atom stereocenters. The number of aryl methyl sites for hydroxylation is 2.